The molecule has 0 N–H and O–H groups in total. The van der Waals surface area contributed by atoms with Gasteiger partial charge in [0.1, 0.15) is 0 Å². The van der Waals surface area contributed by atoms with Crippen molar-refractivity contribution in [3.63, 3.8) is 0 Å². The van der Waals surface area contributed by atoms with Gasteiger partial charge in [-0.15, -0.1) is 0 Å². The van der Waals surface area contributed by atoms with Crippen LogP contribution in [-0.2, 0) is 27.9 Å². The molecule has 0 amide bonds. The van der Waals surface area contributed by atoms with Crippen molar-refractivity contribution in [3.8, 4) is 0 Å². The van der Waals surface area contributed by atoms with E-state index in [4.69, 9.17) is 48.0 Å². The third kappa shape index (κ3) is 4.83. The van der Waals surface area contributed by atoms with E-state index in [1.165, 1.54) is 24.3 Å². The lowest BCUT2D eigenvalue weighted by Gasteiger charge is -2.35. The lowest BCUT2D eigenvalue weighted by molar-refractivity contribution is 0.0699. The van der Waals surface area contributed by atoms with Crippen molar-refractivity contribution in [3.05, 3.63) is 30.3 Å². The van der Waals surface area contributed by atoms with E-state index in [1.807, 2.05) is 0 Å². The highest BCUT2D eigenvalue weighted by atomic mass is 35.6. The summed E-state index contributed by atoms with van der Waals surface area (Å²) in [6.45, 7) is 1.72. The predicted molar refractivity (Wildman–Crippen MR) is 87.5 cm³/mol. The predicted octanol–water partition coefficient (Wildman–Crippen LogP) is 4.11. The molecule has 1 aromatic rings. The summed E-state index contributed by atoms with van der Waals surface area (Å²) < 4.78 is 50.4. The van der Waals surface area contributed by atoms with Crippen LogP contribution >= 0.6 is 42.4 Å². The van der Waals surface area contributed by atoms with E-state index in [0.717, 1.165) is 0 Å². The van der Waals surface area contributed by atoms with E-state index in [-0.39, 0.29) is 11.5 Å². The van der Waals surface area contributed by atoms with Gasteiger partial charge in [-0.1, -0.05) is 53.0 Å². The molecule has 3 atom stereocenters. The third-order valence-corrected chi connectivity index (χ3v) is 7.69. The first-order valence-electron chi connectivity index (χ1n) is 6.52. The van der Waals surface area contributed by atoms with Gasteiger partial charge in [0, 0.05) is 0 Å². The van der Waals surface area contributed by atoms with Crippen LogP contribution in [0.15, 0.2) is 35.2 Å². The van der Waals surface area contributed by atoms with E-state index < -0.39 is 33.5 Å². The summed E-state index contributed by atoms with van der Waals surface area (Å²) >= 11 is 17.3. The van der Waals surface area contributed by atoms with Gasteiger partial charge < -0.3 is 9.05 Å². The summed E-state index contributed by atoms with van der Waals surface area (Å²) in [6, 6.07) is 7.22. The molecule has 0 aromatic heterocycles. The zero-order valence-electron chi connectivity index (χ0n) is 11.9. The summed E-state index contributed by atoms with van der Waals surface area (Å²) in [4.78, 5) is -0.170. The maximum atomic E-state index is 12.8. The van der Waals surface area contributed by atoms with Crippen molar-refractivity contribution in [2.45, 2.75) is 34.0 Å². The van der Waals surface area contributed by atoms with Gasteiger partial charge in [0.15, 0.2) is 0 Å². The third-order valence-electron chi connectivity index (χ3n) is 2.94. The van der Waals surface area contributed by atoms with E-state index in [0.29, 0.717) is 6.42 Å². The minimum atomic E-state index is -4.33. The largest absolute Gasteiger partial charge is 0.365 e. The molecule has 1 aliphatic rings. The SMILES string of the molecule is CC1CCOP(=O)(C(OS(=O)(=O)c2ccccc2)C(Cl)(Cl)Cl)O1. The van der Waals surface area contributed by atoms with Crippen LogP contribution in [0.25, 0.3) is 0 Å². The molecular formula is C12H14Cl3O6PS. The molecule has 1 fully saturated rings. The quantitative estimate of drug-likeness (QED) is 0.412. The van der Waals surface area contributed by atoms with Crippen LogP contribution in [0, 0.1) is 0 Å². The zero-order valence-corrected chi connectivity index (χ0v) is 15.9. The van der Waals surface area contributed by atoms with Gasteiger partial charge in [-0.05, 0) is 25.5 Å². The average molecular weight is 424 g/mol. The molecule has 2 rings (SSSR count). The Kier molecular flexibility index (Phi) is 6.08. The van der Waals surface area contributed by atoms with Crippen LogP contribution in [0.5, 0.6) is 0 Å². The zero-order chi connectivity index (χ0) is 17.3. The molecule has 1 saturated heterocycles. The van der Waals surface area contributed by atoms with Gasteiger partial charge in [0.2, 0.25) is 9.64 Å². The molecule has 23 heavy (non-hydrogen) atoms. The number of halogens is 3. The van der Waals surface area contributed by atoms with Crippen LogP contribution in [-0.4, -0.2) is 30.8 Å². The van der Waals surface area contributed by atoms with Crippen molar-refractivity contribution < 1.29 is 26.2 Å². The highest BCUT2D eigenvalue weighted by molar-refractivity contribution is 7.87. The van der Waals surface area contributed by atoms with Crippen LogP contribution < -0.4 is 0 Å². The van der Waals surface area contributed by atoms with Crippen LogP contribution in [0.4, 0.5) is 0 Å². The smallest absolute Gasteiger partial charge is 0.307 e. The summed E-state index contributed by atoms with van der Waals surface area (Å²) in [6.07, 6.45) is 0.0228. The van der Waals surface area contributed by atoms with Crippen molar-refractivity contribution in [1.29, 1.82) is 0 Å². The van der Waals surface area contributed by atoms with Crippen molar-refractivity contribution in [2.24, 2.45) is 0 Å². The summed E-state index contributed by atoms with van der Waals surface area (Å²) in [5.41, 5.74) is 0. The highest BCUT2D eigenvalue weighted by Gasteiger charge is 2.54. The summed E-state index contributed by atoms with van der Waals surface area (Å²) in [7, 11) is -8.45. The molecule has 0 bridgehead atoms. The van der Waals surface area contributed by atoms with Gasteiger partial charge in [-0.25, -0.2) is 4.18 Å². The van der Waals surface area contributed by atoms with E-state index in [2.05, 4.69) is 0 Å². The van der Waals surface area contributed by atoms with E-state index in [9.17, 15) is 13.0 Å². The number of rotatable bonds is 4. The lowest BCUT2D eigenvalue weighted by Crippen LogP contribution is -2.35. The second kappa shape index (κ2) is 7.18. The van der Waals surface area contributed by atoms with Gasteiger partial charge >= 0.3 is 7.60 Å². The Morgan fingerprint density at radius 2 is 1.91 bits per heavy atom. The minimum absolute atomic E-state index is 0.0738. The fourth-order valence-electron chi connectivity index (χ4n) is 1.85. The standard InChI is InChI=1S/C12H14Cl3O6PS/c1-9-7-8-19-22(16,20-9)11(12(13,14)15)21-23(17,18)10-5-3-2-4-6-10/h2-6,9,11H,7-8H2,1H3. The maximum Gasteiger partial charge on any atom is 0.365 e. The molecule has 6 nitrogen and oxygen atoms in total. The molecule has 3 unspecified atom stereocenters. The summed E-state index contributed by atoms with van der Waals surface area (Å²) in [5, 5.41) is 0. The molecule has 11 heteroatoms. The molecule has 1 aliphatic heterocycles. The van der Waals surface area contributed by atoms with Crippen LogP contribution in [0.1, 0.15) is 13.3 Å². The van der Waals surface area contributed by atoms with Crippen LogP contribution in [0.2, 0.25) is 0 Å². The number of alkyl halides is 3. The topological polar surface area (TPSA) is 78.9 Å². The maximum absolute atomic E-state index is 12.8. The lowest BCUT2D eigenvalue weighted by atomic mass is 10.3. The minimum Gasteiger partial charge on any atom is -0.307 e. The molecular weight excluding hydrogens is 410 g/mol. The molecule has 130 valence electrons. The first-order valence-corrected chi connectivity index (χ1v) is 10.7. The van der Waals surface area contributed by atoms with Gasteiger partial charge in [0.25, 0.3) is 10.1 Å². The molecule has 0 radical (unpaired) electrons. The Labute approximate surface area is 149 Å². The normalized spacial score (nSPS) is 27.6. The second-order valence-electron chi connectivity index (χ2n) is 4.84. The first-order chi connectivity index (χ1) is 10.5. The Morgan fingerprint density at radius 1 is 1.30 bits per heavy atom. The van der Waals surface area contributed by atoms with E-state index >= 15 is 0 Å². The van der Waals surface area contributed by atoms with Crippen molar-refractivity contribution in [1.82, 2.24) is 0 Å². The Morgan fingerprint density at radius 3 is 2.43 bits per heavy atom. The van der Waals surface area contributed by atoms with Gasteiger partial charge in [-0.2, -0.15) is 8.42 Å². The molecule has 0 spiro atoms. The Bertz CT molecular complexity index is 690. The number of hydrogen-bond acceptors (Lipinski definition) is 6. The number of hydrogen-bond donors (Lipinski definition) is 0. The summed E-state index contributed by atoms with van der Waals surface area (Å²) in [5.74, 6) is -1.92. The van der Waals surface area contributed by atoms with Crippen LogP contribution in [0.3, 0.4) is 0 Å². The molecule has 0 saturated carbocycles. The van der Waals surface area contributed by atoms with Crippen molar-refractivity contribution in [2.75, 3.05) is 6.61 Å². The highest BCUT2D eigenvalue weighted by Crippen LogP contribution is 2.63. The molecule has 1 aromatic carbocycles. The van der Waals surface area contributed by atoms with Gasteiger partial charge in [0.05, 0.1) is 17.6 Å². The fraction of sp³-hybridized carbons (Fsp3) is 0.500. The van der Waals surface area contributed by atoms with Gasteiger partial charge in [-0.3, -0.25) is 4.57 Å². The fourth-order valence-corrected chi connectivity index (χ4v) is 6.60. The average Bonchev–Trinajstić information content (AvgIpc) is 2.44. The second-order valence-corrected chi connectivity index (χ2v) is 10.8. The van der Waals surface area contributed by atoms with Crippen molar-refractivity contribution >= 4 is 52.5 Å². The number of benzene rings is 1. The molecule has 0 aliphatic carbocycles. The Balaban J connectivity index is 2.36. The monoisotopic (exact) mass is 422 g/mol. The van der Waals surface area contributed by atoms with E-state index in [1.54, 1.807) is 13.0 Å². The first kappa shape index (κ1) is 19.5. The Hall–Kier alpha value is 0.150. The molecule has 1 heterocycles.